The van der Waals surface area contributed by atoms with Crippen LogP contribution >= 0.6 is 15.6 Å². The van der Waals surface area contributed by atoms with Gasteiger partial charge in [0.1, 0.15) is 19.3 Å². The Bertz CT molecular complexity index is 2070. The van der Waals surface area contributed by atoms with Crippen molar-refractivity contribution in [1.29, 1.82) is 0 Å². The Morgan fingerprint density at radius 1 is 0.248 bits per heavy atom. The van der Waals surface area contributed by atoms with Crippen LogP contribution in [-0.4, -0.2) is 96.7 Å². The number of ether oxygens (including phenoxy) is 4. The quantitative estimate of drug-likeness (QED) is 0.0222. The third kappa shape index (κ3) is 83.8. The van der Waals surface area contributed by atoms with Crippen molar-refractivity contribution in [3.8, 4) is 0 Å². The summed E-state index contributed by atoms with van der Waals surface area (Å²) < 4.78 is 69.0. The zero-order chi connectivity index (χ0) is 79.7. The smallest absolute Gasteiger partial charge is 0.462 e. The van der Waals surface area contributed by atoms with Gasteiger partial charge in [0.2, 0.25) is 0 Å². The molecule has 3 N–H and O–H groups in total. The standard InChI is InChI=1S/C90H176O17P2/c1-6-9-12-15-18-21-24-27-30-33-35-37-38-40-42-45-48-51-54-61-66-71-76-89(94)106-85(79-100-87(92)73-68-63-58-52-49-46-44-41-39-36-34-31-28-25-22-19-16-13-10-7-2)81-104-108(96,97)102-77-84(91)78-103-109(98,99)105-82-86(80-101-88(93)74-69-64-59-56-55-57-62-67-72-83(4)5)107-90(95)75-70-65-60-53-50-47-43-32-29-26-23-20-17-14-11-8-3/h83-86,91H,6-82H2,1-5H3,(H,96,97)(H,98,99)/t84-,85-,86-/m1/s1. The number of unbranched alkanes of at least 4 members (excludes halogenated alkanes) is 62. The fraction of sp³-hybridized carbons (Fsp3) is 0.956. The van der Waals surface area contributed by atoms with Gasteiger partial charge in [-0.3, -0.25) is 37.3 Å². The Morgan fingerprint density at radius 3 is 0.624 bits per heavy atom. The van der Waals surface area contributed by atoms with E-state index in [2.05, 4.69) is 34.6 Å². The Hall–Kier alpha value is -1.94. The SMILES string of the molecule is CCCCCCCCCCCCCCCCCCCCCCCCC(=O)O[C@H](COC(=O)CCCCCCCCCCCCCCCCCCCCCC)COP(=O)(O)OC[C@@H](O)COP(=O)(O)OC[C@@H](COC(=O)CCCCCCCCCCC(C)C)OC(=O)CCCCCCCCCCCCCCCCCC. The summed E-state index contributed by atoms with van der Waals surface area (Å²) in [6.45, 7) is 7.35. The average Bonchev–Trinajstić information content (AvgIpc) is 0.900. The van der Waals surface area contributed by atoms with E-state index >= 15 is 0 Å². The van der Waals surface area contributed by atoms with E-state index in [0.29, 0.717) is 25.7 Å². The number of aliphatic hydroxyl groups excluding tert-OH is 1. The lowest BCUT2D eigenvalue weighted by molar-refractivity contribution is -0.161. The van der Waals surface area contributed by atoms with Gasteiger partial charge in [-0.1, -0.05) is 439 Å². The molecule has 0 aromatic heterocycles. The highest BCUT2D eigenvalue weighted by Gasteiger charge is 2.31. The normalized spacial score (nSPS) is 13.7. The van der Waals surface area contributed by atoms with Crippen LogP contribution in [-0.2, 0) is 65.4 Å². The van der Waals surface area contributed by atoms with E-state index in [0.717, 1.165) is 95.8 Å². The zero-order valence-electron chi connectivity index (χ0n) is 71.7. The highest BCUT2D eigenvalue weighted by Crippen LogP contribution is 2.45. The van der Waals surface area contributed by atoms with Crippen LogP contribution in [0.15, 0.2) is 0 Å². The number of esters is 4. The molecule has 0 radical (unpaired) electrons. The fourth-order valence-electron chi connectivity index (χ4n) is 14.2. The molecule has 648 valence electrons. The van der Waals surface area contributed by atoms with Crippen LogP contribution in [0.1, 0.15) is 490 Å². The number of carbonyl (C=O) groups excluding carboxylic acids is 4. The molecule has 0 saturated heterocycles. The van der Waals surface area contributed by atoms with Gasteiger partial charge in [0, 0.05) is 25.7 Å². The average molecular weight is 1590 g/mol. The van der Waals surface area contributed by atoms with Gasteiger partial charge in [0.15, 0.2) is 12.2 Å². The highest BCUT2D eigenvalue weighted by molar-refractivity contribution is 7.47. The van der Waals surface area contributed by atoms with Crippen molar-refractivity contribution in [2.45, 2.75) is 509 Å². The van der Waals surface area contributed by atoms with Crippen molar-refractivity contribution in [2.75, 3.05) is 39.6 Å². The van der Waals surface area contributed by atoms with Crippen LogP contribution in [0.25, 0.3) is 0 Å². The minimum atomic E-state index is -4.97. The summed E-state index contributed by atoms with van der Waals surface area (Å²) in [5.74, 6) is -1.37. The molecule has 0 aliphatic rings. The molecule has 0 aliphatic carbocycles. The molecule has 19 heteroatoms. The van der Waals surface area contributed by atoms with E-state index < -0.39 is 97.5 Å². The summed E-state index contributed by atoms with van der Waals surface area (Å²) in [6.07, 6.45) is 78.0. The molecule has 109 heavy (non-hydrogen) atoms. The summed E-state index contributed by atoms with van der Waals surface area (Å²) in [6, 6.07) is 0. The first-order chi connectivity index (χ1) is 53.0. The van der Waals surface area contributed by atoms with Gasteiger partial charge in [0.05, 0.1) is 26.4 Å². The van der Waals surface area contributed by atoms with Gasteiger partial charge in [-0.15, -0.1) is 0 Å². The largest absolute Gasteiger partial charge is 0.472 e. The van der Waals surface area contributed by atoms with Crippen molar-refractivity contribution in [1.82, 2.24) is 0 Å². The van der Waals surface area contributed by atoms with Gasteiger partial charge < -0.3 is 33.8 Å². The molecule has 2 unspecified atom stereocenters. The lowest BCUT2D eigenvalue weighted by atomic mass is 10.0. The van der Waals surface area contributed by atoms with Crippen molar-refractivity contribution >= 4 is 39.5 Å². The molecular formula is C90H176O17P2. The third-order valence-corrected chi connectivity index (χ3v) is 23.2. The topological polar surface area (TPSA) is 237 Å². The molecule has 0 rings (SSSR count). The van der Waals surface area contributed by atoms with Crippen LogP contribution in [0, 0.1) is 5.92 Å². The summed E-state index contributed by atoms with van der Waals surface area (Å²) in [7, 11) is -9.93. The maximum absolute atomic E-state index is 13.2. The molecule has 0 amide bonds. The Balaban J connectivity index is 5.22. The first-order valence-corrected chi connectivity index (χ1v) is 49.6. The Kier molecular flexibility index (Phi) is 81.1. The van der Waals surface area contributed by atoms with E-state index in [1.807, 2.05) is 0 Å². The van der Waals surface area contributed by atoms with Crippen molar-refractivity contribution in [2.24, 2.45) is 5.92 Å². The molecule has 17 nitrogen and oxygen atoms in total. The van der Waals surface area contributed by atoms with Gasteiger partial charge in [-0.2, -0.15) is 0 Å². The van der Waals surface area contributed by atoms with E-state index in [4.69, 9.17) is 37.0 Å². The van der Waals surface area contributed by atoms with Gasteiger partial charge in [-0.05, 0) is 31.6 Å². The molecule has 0 aromatic carbocycles. The number of phosphoric ester groups is 2. The van der Waals surface area contributed by atoms with E-state index in [-0.39, 0.29) is 25.7 Å². The molecule has 0 bridgehead atoms. The second kappa shape index (κ2) is 82.6. The van der Waals surface area contributed by atoms with Crippen LogP contribution in [0.4, 0.5) is 0 Å². The second-order valence-corrected chi connectivity index (χ2v) is 35.7. The van der Waals surface area contributed by atoms with Crippen LogP contribution in [0.3, 0.4) is 0 Å². The van der Waals surface area contributed by atoms with Crippen LogP contribution in [0.2, 0.25) is 0 Å². The number of hydrogen-bond donors (Lipinski definition) is 3. The van der Waals surface area contributed by atoms with Gasteiger partial charge in [-0.25, -0.2) is 9.13 Å². The Morgan fingerprint density at radius 2 is 0.422 bits per heavy atom. The van der Waals surface area contributed by atoms with Crippen LogP contribution < -0.4 is 0 Å². The number of aliphatic hydroxyl groups is 1. The predicted octanol–water partition coefficient (Wildman–Crippen LogP) is 27.9. The summed E-state index contributed by atoms with van der Waals surface area (Å²) >= 11 is 0. The molecule has 0 aliphatic heterocycles. The maximum Gasteiger partial charge on any atom is 0.472 e. The lowest BCUT2D eigenvalue weighted by Crippen LogP contribution is -2.30. The third-order valence-electron chi connectivity index (χ3n) is 21.3. The molecule has 0 saturated carbocycles. The lowest BCUT2D eigenvalue weighted by Gasteiger charge is -2.21. The first kappa shape index (κ1) is 107. The minimum absolute atomic E-state index is 0.108. The van der Waals surface area contributed by atoms with E-state index in [1.54, 1.807) is 0 Å². The summed E-state index contributed by atoms with van der Waals surface area (Å²) in [5.41, 5.74) is 0. The molecule has 0 spiro atoms. The van der Waals surface area contributed by atoms with Gasteiger partial charge >= 0.3 is 39.5 Å². The summed E-state index contributed by atoms with van der Waals surface area (Å²) in [5, 5.41) is 10.7. The predicted molar refractivity (Wildman–Crippen MR) is 451 cm³/mol. The fourth-order valence-corrected chi connectivity index (χ4v) is 15.8. The Labute approximate surface area is 670 Å². The first-order valence-electron chi connectivity index (χ1n) is 46.6. The molecule has 0 aromatic rings. The maximum atomic E-state index is 13.2. The van der Waals surface area contributed by atoms with Gasteiger partial charge in [0.25, 0.3) is 0 Å². The van der Waals surface area contributed by atoms with Crippen molar-refractivity contribution in [3.63, 3.8) is 0 Å². The monoisotopic (exact) mass is 1590 g/mol. The van der Waals surface area contributed by atoms with E-state index in [9.17, 15) is 43.2 Å². The zero-order valence-corrected chi connectivity index (χ0v) is 73.5. The molecular weight excluding hydrogens is 1410 g/mol. The van der Waals surface area contributed by atoms with Crippen molar-refractivity contribution in [3.05, 3.63) is 0 Å². The molecule has 0 fully saturated rings. The number of hydrogen-bond acceptors (Lipinski definition) is 15. The molecule has 5 atom stereocenters. The number of carbonyl (C=O) groups is 4. The van der Waals surface area contributed by atoms with Crippen LogP contribution in [0.5, 0.6) is 0 Å². The minimum Gasteiger partial charge on any atom is -0.462 e. The molecule has 0 heterocycles. The summed E-state index contributed by atoms with van der Waals surface area (Å²) in [4.78, 5) is 73.4. The van der Waals surface area contributed by atoms with Crippen molar-refractivity contribution < 1.29 is 80.2 Å². The van der Waals surface area contributed by atoms with E-state index in [1.165, 1.54) is 315 Å². The second-order valence-electron chi connectivity index (χ2n) is 32.8. The highest BCUT2D eigenvalue weighted by atomic mass is 31.2. The number of rotatable bonds is 90. The number of phosphoric acid groups is 2.